The van der Waals surface area contributed by atoms with Gasteiger partial charge in [0.15, 0.2) is 0 Å². The number of ether oxygens (including phenoxy) is 1. The Morgan fingerprint density at radius 1 is 1.42 bits per heavy atom. The zero-order chi connectivity index (χ0) is 8.97. The molecule has 0 spiro atoms. The first-order valence-corrected chi connectivity index (χ1v) is 3.88. The van der Waals surface area contributed by atoms with E-state index in [1.54, 1.807) is 7.11 Å². The molecule has 2 heteroatoms. The second-order valence-electron chi connectivity index (χ2n) is 2.63. The van der Waals surface area contributed by atoms with Gasteiger partial charge in [0, 0.05) is 12.7 Å². The van der Waals surface area contributed by atoms with Crippen LogP contribution in [-0.2, 0) is 4.74 Å². The molecule has 0 radical (unpaired) electrons. The van der Waals surface area contributed by atoms with Gasteiger partial charge in [-0.2, -0.15) is 0 Å². The predicted molar refractivity (Wildman–Crippen MR) is 47.7 cm³/mol. The fourth-order valence-corrected chi connectivity index (χ4v) is 1.02. The van der Waals surface area contributed by atoms with Crippen LogP contribution in [0.5, 0.6) is 0 Å². The molecule has 1 N–H and O–H groups in total. The molecule has 12 heavy (non-hydrogen) atoms. The Hall–Kier alpha value is -1.04. The Morgan fingerprint density at radius 3 is 2.58 bits per heavy atom. The Balaban J connectivity index is 2.80. The number of nitrogens with one attached hydrogen (secondary N) is 1. The number of rotatable bonds is 3. The molecule has 64 valence electrons. The van der Waals surface area contributed by atoms with Crippen LogP contribution in [0.25, 0.3) is 0 Å². The monoisotopic (exact) mass is 163 g/mol. The second-order valence-corrected chi connectivity index (χ2v) is 2.63. The van der Waals surface area contributed by atoms with E-state index in [1.165, 1.54) is 0 Å². The van der Waals surface area contributed by atoms with Gasteiger partial charge >= 0.3 is 0 Å². The van der Waals surface area contributed by atoms with Crippen LogP contribution in [0.2, 0.25) is 0 Å². The van der Waals surface area contributed by atoms with Crippen LogP contribution in [0.4, 0.5) is 0 Å². The first kappa shape index (κ1) is 9.05. The smallest absolute Gasteiger partial charge is 0.141 e. The molecule has 0 heterocycles. The standard InChI is InChI=1S/C10H13NO/c1-8-4-6-9(7-5-8)10(11-2)12-3/h4,6,10-11H,1-3H3. The van der Waals surface area contributed by atoms with Crippen molar-refractivity contribution in [3.05, 3.63) is 35.4 Å². The largest absolute Gasteiger partial charge is 0.362 e. The van der Waals surface area contributed by atoms with Gasteiger partial charge in [-0.15, -0.1) is 0 Å². The maximum absolute atomic E-state index is 5.16. The predicted octanol–water partition coefficient (Wildman–Crippen LogP) is 1.46. The van der Waals surface area contributed by atoms with Gasteiger partial charge in [0.25, 0.3) is 0 Å². The lowest BCUT2D eigenvalue weighted by Gasteiger charge is -2.11. The van der Waals surface area contributed by atoms with Gasteiger partial charge in [-0.25, -0.2) is 0 Å². The van der Waals surface area contributed by atoms with Crippen LogP contribution in [0.1, 0.15) is 17.4 Å². The Morgan fingerprint density at radius 2 is 2.17 bits per heavy atom. The topological polar surface area (TPSA) is 21.3 Å². The first-order chi connectivity index (χ1) is 5.77. The van der Waals surface area contributed by atoms with E-state index in [2.05, 4.69) is 17.4 Å². The molecule has 1 rings (SSSR count). The van der Waals surface area contributed by atoms with E-state index in [4.69, 9.17) is 4.74 Å². The quantitative estimate of drug-likeness (QED) is 0.681. The minimum Gasteiger partial charge on any atom is -0.362 e. The first-order valence-electron chi connectivity index (χ1n) is 3.88. The minimum atomic E-state index is -0.0816. The van der Waals surface area contributed by atoms with Crippen molar-refractivity contribution >= 4 is 0 Å². The van der Waals surface area contributed by atoms with Crippen molar-refractivity contribution in [3.63, 3.8) is 0 Å². The van der Waals surface area contributed by atoms with Gasteiger partial charge in [0.05, 0.1) is 0 Å². The van der Waals surface area contributed by atoms with E-state index >= 15 is 0 Å². The molecule has 0 aliphatic rings. The molecule has 0 bridgehead atoms. The number of hydrogen-bond acceptors (Lipinski definition) is 2. The molecule has 1 aromatic carbocycles. The van der Waals surface area contributed by atoms with Crippen LogP contribution in [-0.4, -0.2) is 14.2 Å². The summed E-state index contributed by atoms with van der Waals surface area (Å²) in [5.74, 6) is 0. The third kappa shape index (κ3) is 1.97. The third-order valence-corrected chi connectivity index (χ3v) is 1.70. The van der Waals surface area contributed by atoms with Crippen molar-refractivity contribution in [3.8, 4) is 0 Å². The highest BCUT2D eigenvalue weighted by Gasteiger charge is 2.05. The van der Waals surface area contributed by atoms with Crippen LogP contribution < -0.4 is 5.32 Å². The fourth-order valence-electron chi connectivity index (χ4n) is 1.02. The lowest BCUT2D eigenvalue weighted by atomic mass is 10.2. The molecule has 0 amide bonds. The molecule has 2 nitrogen and oxygen atoms in total. The molecule has 0 aliphatic heterocycles. The molecular weight excluding hydrogens is 150 g/mol. The molecule has 0 saturated carbocycles. The highest BCUT2D eigenvalue weighted by Crippen LogP contribution is 2.09. The highest BCUT2D eigenvalue weighted by atomic mass is 16.5. The van der Waals surface area contributed by atoms with E-state index < -0.39 is 0 Å². The molecule has 0 aromatic heterocycles. The summed E-state index contributed by atoms with van der Waals surface area (Å²) in [6.07, 6.45) is -0.0816. The van der Waals surface area contributed by atoms with E-state index in [0.29, 0.717) is 0 Å². The summed E-state index contributed by atoms with van der Waals surface area (Å²) < 4.78 is 5.16. The van der Waals surface area contributed by atoms with E-state index in [9.17, 15) is 0 Å². The van der Waals surface area contributed by atoms with Crippen molar-refractivity contribution in [1.82, 2.24) is 5.32 Å². The van der Waals surface area contributed by atoms with Crippen molar-refractivity contribution < 1.29 is 4.74 Å². The van der Waals surface area contributed by atoms with Crippen LogP contribution in [0.15, 0.2) is 12.1 Å². The number of methoxy groups -OCH3 is 1. The molecule has 0 aliphatic carbocycles. The Kier molecular flexibility index (Phi) is 3.09. The molecule has 1 unspecified atom stereocenters. The normalized spacial score (nSPS) is 12.2. The zero-order valence-corrected chi connectivity index (χ0v) is 7.64. The van der Waals surface area contributed by atoms with Crippen molar-refractivity contribution in [2.75, 3.05) is 14.2 Å². The maximum Gasteiger partial charge on any atom is 0.141 e. The molecule has 0 saturated heterocycles. The van der Waals surface area contributed by atoms with Gasteiger partial charge in [-0.3, -0.25) is 5.32 Å². The van der Waals surface area contributed by atoms with Gasteiger partial charge in [-0.05, 0) is 31.7 Å². The SMILES string of the molecule is CNC(OC)c1c#cc(C)cc1. The van der Waals surface area contributed by atoms with E-state index in [0.717, 1.165) is 11.1 Å². The van der Waals surface area contributed by atoms with Crippen molar-refractivity contribution in [1.29, 1.82) is 0 Å². The summed E-state index contributed by atoms with van der Waals surface area (Å²) in [5, 5.41) is 3.01. The lowest BCUT2D eigenvalue weighted by Crippen LogP contribution is -2.17. The third-order valence-electron chi connectivity index (χ3n) is 1.70. The van der Waals surface area contributed by atoms with E-state index in [1.807, 2.05) is 26.1 Å². The Bertz CT molecular complexity index is 226. The van der Waals surface area contributed by atoms with Gasteiger partial charge in [0.2, 0.25) is 0 Å². The molecule has 1 atom stereocenters. The summed E-state index contributed by atoms with van der Waals surface area (Å²) >= 11 is 0. The van der Waals surface area contributed by atoms with Gasteiger partial charge < -0.3 is 4.74 Å². The highest BCUT2D eigenvalue weighted by molar-refractivity contribution is 5.15. The molecule has 1 aromatic rings. The van der Waals surface area contributed by atoms with Crippen molar-refractivity contribution in [2.45, 2.75) is 13.2 Å². The Labute approximate surface area is 73.6 Å². The number of hydrogen-bond donors (Lipinski definition) is 1. The second kappa shape index (κ2) is 4.10. The zero-order valence-electron chi connectivity index (χ0n) is 7.64. The number of aryl methyl sites for hydroxylation is 1. The van der Waals surface area contributed by atoms with Gasteiger partial charge in [0.1, 0.15) is 6.23 Å². The maximum atomic E-state index is 5.16. The summed E-state index contributed by atoms with van der Waals surface area (Å²) in [5.41, 5.74) is 2.07. The minimum absolute atomic E-state index is 0.0816. The summed E-state index contributed by atoms with van der Waals surface area (Å²) in [7, 11) is 3.51. The average molecular weight is 163 g/mol. The van der Waals surface area contributed by atoms with Crippen LogP contribution >= 0.6 is 0 Å². The summed E-state index contributed by atoms with van der Waals surface area (Å²) in [6, 6.07) is 10.0. The van der Waals surface area contributed by atoms with E-state index in [-0.39, 0.29) is 6.23 Å². The molecular formula is C10H13NO. The van der Waals surface area contributed by atoms with Gasteiger partial charge in [-0.1, -0.05) is 12.1 Å². The summed E-state index contributed by atoms with van der Waals surface area (Å²) in [6.45, 7) is 1.99. The molecule has 0 fully saturated rings. The fraction of sp³-hybridized carbons (Fsp3) is 0.400. The summed E-state index contributed by atoms with van der Waals surface area (Å²) in [4.78, 5) is 0. The van der Waals surface area contributed by atoms with Crippen LogP contribution in [0.3, 0.4) is 0 Å². The van der Waals surface area contributed by atoms with Crippen molar-refractivity contribution in [2.24, 2.45) is 0 Å². The van der Waals surface area contributed by atoms with Crippen LogP contribution in [0, 0.1) is 19.1 Å². The lowest BCUT2D eigenvalue weighted by molar-refractivity contribution is 0.0809. The average Bonchev–Trinajstić information content (AvgIpc) is 2.10.